The van der Waals surface area contributed by atoms with Crippen molar-refractivity contribution in [2.45, 2.75) is 6.92 Å². The van der Waals surface area contributed by atoms with Crippen molar-refractivity contribution in [2.24, 2.45) is 0 Å². The Kier molecular flexibility index (Phi) is 7.74. The molecular weight excluding hydrogens is 475 g/mol. The normalized spacial score (nSPS) is 10.4. The maximum absolute atomic E-state index is 12.9. The average molecular weight is 493 g/mol. The molecular formula is C22H18Cl2N2O5S. The Hall–Kier alpha value is -3.07. The molecule has 2 aromatic carbocycles. The molecule has 32 heavy (non-hydrogen) atoms. The quantitative estimate of drug-likeness (QED) is 0.429. The number of halogens is 2. The number of hydrogen-bond donors (Lipinski definition) is 2. The molecule has 166 valence electrons. The largest absolute Gasteiger partial charge is 0.484 e. The van der Waals surface area contributed by atoms with Gasteiger partial charge in [0.25, 0.3) is 11.8 Å². The molecule has 0 saturated carbocycles. The number of thiophene rings is 1. The number of ether oxygens (including phenoxy) is 2. The second-order valence-electron chi connectivity index (χ2n) is 6.48. The minimum absolute atomic E-state index is 0.0907. The molecule has 0 unspecified atom stereocenters. The summed E-state index contributed by atoms with van der Waals surface area (Å²) in [6, 6.07) is 13.5. The van der Waals surface area contributed by atoms with Crippen LogP contribution in [-0.4, -0.2) is 31.5 Å². The summed E-state index contributed by atoms with van der Waals surface area (Å²) in [5.41, 5.74) is 0.767. The minimum atomic E-state index is -0.683. The first-order chi connectivity index (χ1) is 15.3. The summed E-state index contributed by atoms with van der Waals surface area (Å²) in [5, 5.41) is 6.17. The Morgan fingerprint density at radius 2 is 1.75 bits per heavy atom. The van der Waals surface area contributed by atoms with Crippen LogP contribution < -0.4 is 15.4 Å². The smallest absolute Gasteiger partial charge is 0.341 e. The van der Waals surface area contributed by atoms with Crippen LogP contribution in [-0.2, 0) is 9.53 Å². The number of para-hydroxylation sites is 1. The lowest BCUT2D eigenvalue weighted by Crippen LogP contribution is -2.21. The number of anilines is 2. The maximum Gasteiger partial charge on any atom is 0.341 e. The van der Waals surface area contributed by atoms with Crippen LogP contribution in [0.3, 0.4) is 0 Å². The van der Waals surface area contributed by atoms with Crippen LogP contribution in [0.1, 0.15) is 25.6 Å². The van der Waals surface area contributed by atoms with E-state index in [4.69, 9.17) is 32.7 Å². The highest BCUT2D eigenvalue weighted by Gasteiger charge is 2.26. The first kappa shape index (κ1) is 23.6. The van der Waals surface area contributed by atoms with E-state index < -0.39 is 17.8 Å². The Balaban J connectivity index is 1.82. The zero-order valence-corrected chi connectivity index (χ0v) is 19.4. The number of nitrogens with one attached hydrogen (secondary N) is 2. The van der Waals surface area contributed by atoms with Crippen molar-refractivity contribution in [3.8, 4) is 5.75 Å². The zero-order chi connectivity index (χ0) is 23.3. The highest BCUT2D eigenvalue weighted by molar-refractivity contribution is 7.19. The van der Waals surface area contributed by atoms with E-state index >= 15 is 0 Å². The molecule has 1 heterocycles. The van der Waals surface area contributed by atoms with Gasteiger partial charge in [-0.1, -0.05) is 41.4 Å². The van der Waals surface area contributed by atoms with Crippen LogP contribution >= 0.6 is 34.5 Å². The Morgan fingerprint density at radius 1 is 1.03 bits per heavy atom. The van der Waals surface area contributed by atoms with Crippen molar-refractivity contribution in [3.63, 3.8) is 0 Å². The van der Waals surface area contributed by atoms with Gasteiger partial charge in [-0.05, 0) is 42.8 Å². The van der Waals surface area contributed by atoms with Crippen LogP contribution in [0, 0.1) is 6.92 Å². The van der Waals surface area contributed by atoms with Crippen molar-refractivity contribution in [1.82, 2.24) is 0 Å². The number of esters is 1. The third kappa shape index (κ3) is 5.59. The fourth-order valence-electron chi connectivity index (χ4n) is 2.77. The summed E-state index contributed by atoms with van der Waals surface area (Å²) >= 11 is 13.0. The first-order valence-corrected chi connectivity index (χ1v) is 10.8. The number of carbonyl (C=O) groups excluding carboxylic acids is 3. The molecule has 0 fully saturated rings. The van der Waals surface area contributed by atoms with Crippen molar-refractivity contribution >= 4 is 63.0 Å². The van der Waals surface area contributed by atoms with E-state index in [1.807, 2.05) is 6.07 Å². The first-order valence-electron chi connectivity index (χ1n) is 9.26. The average Bonchev–Trinajstić information content (AvgIpc) is 3.10. The van der Waals surface area contributed by atoms with Crippen molar-refractivity contribution in [2.75, 3.05) is 24.4 Å². The van der Waals surface area contributed by atoms with Crippen molar-refractivity contribution in [1.29, 1.82) is 0 Å². The zero-order valence-electron chi connectivity index (χ0n) is 17.0. The molecule has 0 aliphatic rings. The van der Waals surface area contributed by atoms with E-state index in [-0.39, 0.29) is 22.0 Å². The van der Waals surface area contributed by atoms with Gasteiger partial charge in [0.15, 0.2) is 6.61 Å². The van der Waals surface area contributed by atoms with Gasteiger partial charge in [0.1, 0.15) is 10.8 Å². The van der Waals surface area contributed by atoms with Crippen molar-refractivity contribution < 1.29 is 23.9 Å². The molecule has 0 aliphatic carbocycles. The number of hydrogen-bond acceptors (Lipinski definition) is 6. The van der Waals surface area contributed by atoms with Gasteiger partial charge in [0, 0.05) is 5.02 Å². The van der Waals surface area contributed by atoms with E-state index in [0.717, 1.165) is 11.3 Å². The van der Waals surface area contributed by atoms with Crippen molar-refractivity contribution in [3.05, 3.63) is 74.6 Å². The summed E-state index contributed by atoms with van der Waals surface area (Å²) < 4.78 is 10.3. The predicted molar refractivity (Wildman–Crippen MR) is 125 cm³/mol. The van der Waals surface area contributed by atoms with E-state index in [2.05, 4.69) is 10.6 Å². The molecule has 0 spiro atoms. The van der Waals surface area contributed by atoms with Gasteiger partial charge >= 0.3 is 5.97 Å². The number of carbonyl (C=O) groups is 3. The minimum Gasteiger partial charge on any atom is -0.484 e. The maximum atomic E-state index is 12.9. The van der Waals surface area contributed by atoms with E-state index in [1.54, 1.807) is 43.3 Å². The number of benzene rings is 2. The van der Waals surface area contributed by atoms with E-state index in [0.29, 0.717) is 27.0 Å². The summed E-state index contributed by atoms with van der Waals surface area (Å²) in [5.74, 6) is -1.16. The monoisotopic (exact) mass is 492 g/mol. The van der Waals surface area contributed by atoms with Gasteiger partial charge in [-0.15, -0.1) is 11.3 Å². The van der Waals surface area contributed by atoms with E-state index in [9.17, 15) is 14.4 Å². The van der Waals surface area contributed by atoms with Crippen LogP contribution in [0.4, 0.5) is 10.7 Å². The molecule has 0 aliphatic heterocycles. The lowest BCUT2D eigenvalue weighted by Gasteiger charge is -2.07. The molecule has 2 N–H and O–H groups in total. The molecule has 7 nitrogen and oxygen atoms in total. The fraction of sp³-hybridized carbons (Fsp3) is 0.136. The van der Waals surface area contributed by atoms with Gasteiger partial charge in [-0.25, -0.2) is 4.79 Å². The van der Waals surface area contributed by atoms with Crippen LogP contribution in [0.25, 0.3) is 0 Å². The number of methoxy groups -OCH3 is 1. The molecule has 2 amide bonds. The molecule has 10 heteroatoms. The standard InChI is InChI=1S/C22H18Cl2N2O5S/c1-12-18(22(29)30-2)21(26-17(27)11-31-14-6-4-3-5-7-14)32-19(12)20(28)25-16-10-13(23)8-9-15(16)24/h3-10H,11H2,1-2H3,(H,25,28)(H,26,27). The molecule has 3 rings (SSSR count). The Labute approximate surface area is 198 Å². The third-order valence-electron chi connectivity index (χ3n) is 4.29. The number of rotatable bonds is 7. The number of amides is 2. The lowest BCUT2D eigenvalue weighted by molar-refractivity contribution is -0.118. The second-order valence-corrected chi connectivity index (χ2v) is 8.34. The second kappa shape index (κ2) is 10.5. The molecule has 0 radical (unpaired) electrons. The van der Waals surface area contributed by atoms with E-state index in [1.165, 1.54) is 13.2 Å². The van der Waals surface area contributed by atoms with Crippen LogP contribution in [0.2, 0.25) is 10.0 Å². The van der Waals surface area contributed by atoms with Crippen LogP contribution in [0.15, 0.2) is 48.5 Å². The van der Waals surface area contributed by atoms with Crippen LogP contribution in [0.5, 0.6) is 5.75 Å². The predicted octanol–water partition coefficient (Wildman–Crippen LogP) is 5.42. The summed E-state index contributed by atoms with van der Waals surface area (Å²) in [6.45, 7) is 1.31. The van der Waals surface area contributed by atoms with Gasteiger partial charge < -0.3 is 20.1 Å². The summed E-state index contributed by atoms with van der Waals surface area (Å²) in [6.07, 6.45) is 0. The highest BCUT2D eigenvalue weighted by Crippen LogP contribution is 2.35. The van der Waals surface area contributed by atoms with Gasteiger partial charge in [0.05, 0.1) is 28.3 Å². The topological polar surface area (TPSA) is 93.7 Å². The Morgan fingerprint density at radius 3 is 2.44 bits per heavy atom. The third-order valence-corrected chi connectivity index (χ3v) is 6.06. The molecule has 3 aromatic rings. The molecule has 0 saturated heterocycles. The highest BCUT2D eigenvalue weighted by atomic mass is 35.5. The lowest BCUT2D eigenvalue weighted by atomic mass is 10.1. The fourth-order valence-corrected chi connectivity index (χ4v) is 4.21. The summed E-state index contributed by atoms with van der Waals surface area (Å²) in [4.78, 5) is 37.8. The Bertz CT molecular complexity index is 1160. The SMILES string of the molecule is COC(=O)c1c(NC(=O)COc2ccccc2)sc(C(=O)Nc2cc(Cl)ccc2Cl)c1C. The molecule has 0 bridgehead atoms. The molecule has 1 aromatic heterocycles. The van der Waals surface area contributed by atoms with Gasteiger partial charge in [-0.2, -0.15) is 0 Å². The molecule has 0 atom stereocenters. The van der Waals surface area contributed by atoms with Gasteiger partial charge in [-0.3, -0.25) is 9.59 Å². The van der Waals surface area contributed by atoms with Gasteiger partial charge in [0.2, 0.25) is 0 Å². The summed E-state index contributed by atoms with van der Waals surface area (Å²) in [7, 11) is 1.22.